The predicted molar refractivity (Wildman–Crippen MR) is 109 cm³/mol. The van der Waals surface area contributed by atoms with E-state index in [1.165, 1.54) is 6.07 Å². The van der Waals surface area contributed by atoms with Crippen LogP contribution in [-0.4, -0.2) is 23.5 Å². The highest BCUT2D eigenvalue weighted by molar-refractivity contribution is 5.94. The summed E-state index contributed by atoms with van der Waals surface area (Å²) in [6.07, 6.45) is 4.84. The largest absolute Gasteiger partial charge is 0.481 e. The molecule has 29 heavy (non-hydrogen) atoms. The van der Waals surface area contributed by atoms with Gasteiger partial charge < -0.3 is 10.4 Å². The Morgan fingerprint density at radius 1 is 1.00 bits per heavy atom. The van der Waals surface area contributed by atoms with Crippen molar-refractivity contribution in [3.8, 4) is 11.8 Å². The summed E-state index contributed by atoms with van der Waals surface area (Å²) in [5.74, 6) is 4.27. The topological polar surface area (TPSA) is 66.4 Å². The van der Waals surface area contributed by atoms with Crippen LogP contribution in [0.25, 0.3) is 0 Å². The third-order valence-corrected chi connectivity index (χ3v) is 5.43. The summed E-state index contributed by atoms with van der Waals surface area (Å²) in [4.78, 5) is 23.8. The summed E-state index contributed by atoms with van der Waals surface area (Å²) >= 11 is 0. The van der Waals surface area contributed by atoms with Gasteiger partial charge in [-0.15, -0.1) is 0 Å². The van der Waals surface area contributed by atoms with Gasteiger partial charge in [0.15, 0.2) is 0 Å². The first kappa shape index (κ1) is 20.6. The maximum atomic E-state index is 13.6. The average Bonchev–Trinajstić information content (AvgIpc) is 2.72. The van der Waals surface area contributed by atoms with E-state index in [2.05, 4.69) is 17.2 Å². The number of nitrogens with one attached hydrogen (secondary N) is 1. The lowest BCUT2D eigenvalue weighted by Gasteiger charge is -2.36. The number of aliphatic carboxylic acids is 1. The standard InChI is InChI=1S/C24H24FNO3/c25-21-7-3-2-6-19(21)11-8-18-9-12-20(13-10-18)23(29)26-17-24(16-22(27)28)14-4-1-5-15-24/h2-3,6-7,9-10,12-13H,1,4-5,14-17H2,(H,26,29)(H,27,28). The smallest absolute Gasteiger partial charge is 0.303 e. The minimum atomic E-state index is -0.820. The van der Waals surface area contributed by atoms with Crippen molar-refractivity contribution >= 4 is 11.9 Å². The van der Waals surface area contributed by atoms with Gasteiger partial charge in [0.05, 0.1) is 12.0 Å². The fourth-order valence-electron chi connectivity index (χ4n) is 3.82. The monoisotopic (exact) mass is 393 g/mol. The number of halogens is 1. The van der Waals surface area contributed by atoms with E-state index < -0.39 is 5.97 Å². The van der Waals surface area contributed by atoms with Gasteiger partial charge in [-0.25, -0.2) is 4.39 Å². The predicted octanol–water partition coefficient (Wildman–Crippen LogP) is 4.38. The zero-order valence-corrected chi connectivity index (χ0v) is 16.2. The van der Waals surface area contributed by atoms with Crippen LogP contribution in [0.15, 0.2) is 48.5 Å². The van der Waals surface area contributed by atoms with Crippen LogP contribution in [0, 0.1) is 23.1 Å². The van der Waals surface area contributed by atoms with Crippen LogP contribution in [0.1, 0.15) is 60.0 Å². The van der Waals surface area contributed by atoms with Crippen LogP contribution in [0.3, 0.4) is 0 Å². The molecule has 1 amide bonds. The Kier molecular flexibility index (Phi) is 6.66. The van der Waals surface area contributed by atoms with E-state index in [4.69, 9.17) is 0 Å². The molecule has 0 heterocycles. The molecule has 1 fully saturated rings. The molecule has 3 rings (SSSR count). The number of hydrogen-bond donors (Lipinski definition) is 2. The molecule has 150 valence electrons. The van der Waals surface area contributed by atoms with Gasteiger partial charge in [-0.05, 0) is 54.7 Å². The van der Waals surface area contributed by atoms with Crippen molar-refractivity contribution < 1.29 is 19.1 Å². The van der Waals surface area contributed by atoms with Crippen LogP contribution >= 0.6 is 0 Å². The molecule has 2 aromatic rings. The fourth-order valence-corrected chi connectivity index (χ4v) is 3.82. The summed E-state index contributed by atoms with van der Waals surface area (Å²) in [5, 5.41) is 12.2. The first-order valence-electron chi connectivity index (χ1n) is 9.84. The summed E-state index contributed by atoms with van der Waals surface area (Å²) in [6, 6.07) is 13.1. The van der Waals surface area contributed by atoms with Crippen molar-refractivity contribution in [3.63, 3.8) is 0 Å². The number of benzene rings is 2. The van der Waals surface area contributed by atoms with Crippen molar-refractivity contribution in [2.45, 2.75) is 38.5 Å². The number of carboxylic acid groups (broad SMARTS) is 1. The third kappa shape index (κ3) is 5.68. The highest BCUT2D eigenvalue weighted by atomic mass is 19.1. The zero-order valence-electron chi connectivity index (χ0n) is 16.2. The molecule has 0 saturated heterocycles. The third-order valence-electron chi connectivity index (χ3n) is 5.43. The molecule has 2 aromatic carbocycles. The van der Waals surface area contributed by atoms with Crippen molar-refractivity contribution in [1.29, 1.82) is 0 Å². The van der Waals surface area contributed by atoms with Gasteiger partial charge in [0.1, 0.15) is 5.82 Å². The molecule has 0 atom stereocenters. The number of rotatable bonds is 5. The van der Waals surface area contributed by atoms with E-state index in [1.54, 1.807) is 42.5 Å². The Morgan fingerprint density at radius 3 is 2.34 bits per heavy atom. The molecule has 4 nitrogen and oxygen atoms in total. The SMILES string of the molecule is O=C(O)CC1(CNC(=O)c2ccc(C#Cc3ccccc3F)cc2)CCCCC1. The van der Waals surface area contributed by atoms with E-state index in [9.17, 15) is 19.1 Å². The summed E-state index contributed by atoms with van der Waals surface area (Å²) in [7, 11) is 0. The van der Waals surface area contributed by atoms with E-state index in [-0.39, 0.29) is 23.6 Å². The number of hydrogen-bond acceptors (Lipinski definition) is 2. The second-order valence-electron chi connectivity index (χ2n) is 7.62. The number of carbonyl (C=O) groups is 2. The quantitative estimate of drug-likeness (QED) is 0.741. The molecule has 0 radical (unpaired) electrons. The molecular formula is C24H24FNO3. The molecule has 5 heteroatoms. The lowest BCUT2D eigenvalue weighted by atomic mass is 9.71. The molecule has 0 aromatic heterocycles. The van der Waals surface area contributed by atoms with Gasteiger partial charge >= 0.3 is 5.97 Å². The van der Waals surface area contributed by atoms with Crippen LogP contribution in [0.2, 0.25) is 0 Å². The Morgan fingerprint density at radius 2 is 1.69 bits per heavy atom. The lowest BCUT2D eigenvalue weighted by molar-refractivity contribution is -0.140. The molecule has 1 aliphatic rings. The van der Waals surface area contributed by atoms with Crippen molar-refractivity contribution in [2.75, 3.05) is 6.54 Å². The Balaban J connectivity index is 1.63. The molecule has 1 aliphatic carbocycles. The lowest BCUT2D eigenvalue weighted by Crippen LogP contribution is -2.40. The van der Waals surface area contributed by atoms with Crippen LogP contribution in [0.5, 0.6) is 0 Å². The zero-order chi connectivity index (χ0) is 20.7. The van der Waals surface area contributed by atoms with Gasteiger partial charge in [-0.1, -0.05) is 43.2 Å². The van der Waals surface area contributed by atoms with Crippen LogP contribution < -0.4 is 5.32 Å². The van der Waals surface area contributed by atoms with Crippen LogP contribution in [-0.2, 0) is 4.79 Å². The fraction of sp³-hybridized carbons (Fsp3) is 0.333. The molecule has 2 N–H and O–H groups in total. The number of amides is 1. The Bertz CT molecular complexity index is 935. The molecule has 0 aliphatic heterocycles. The van der Waals surface area contributed by atoms with E-state index in [1.807, 2.05) is 0 Å². The van der Waals surface area contributed by atoms with Gasteiger partial charge in [-0.3, -0.25) is 9.59 Å². The van der Waals surface area contributed by atoms with Crippen LogP contribution in [0.4, 0.5) is 4.39 Å². The van der Waals surface area contributed by atoms with E-state index in [0.29, 0.717) is 23.2 Å². The minimum Gasteiger partial charge on any atom is -0.481 e. The van der Waals surface area contributed by atoms with E-state index >= 15 is 0 Å². The number of carbonyl (C=O) groups excluding carboxylic acids is 1. The Labute approximate surface area is 170 Å². The highest BCUT2D eigenvalue weighted by Gasteiger charge is 2.34. The summed E-state index contributed by atoms with van der Waals surface area (Å²) in [6.45, 7) is 0.368. The molecule has 0 unspecified atom stereocenters. The summed E-state index contributed by atoms with van der Waals surface area (Å²) in [5.41, 5.74) is 1.14. The molecule has 0 bridgehead atoms. The first-order chi connectivity index (χ1) is 14.0. The first-order valence-corrected chi connectivity index (χ1v) is 9.84. The second kappa shape index (κ2) is 9.38. The van der Waals surface area contributed by atoms with Crippen molar-refractivity contribution in [1.82, 2.24) is 5.32 Å². The van der Waals surface area contributed by atoms with Crippen molar-refractivity contribution in [2.24, 2.45) is 5.41 Å². The molecular weight excluding hydrogens is 369 g/mol. The van der Waals surface area contributed by atoms with Crippen molar-refractivity contribution in [3.05, 3.63) is 71.0 Å². The minimum absolute atomic E-state index is 0.0812. The van der Waals surface area contributed by atoms with Gasteiger partial charge in [0.25, 0.3) is 5.91 Å². The normalized spacial score (nSPS) is 15.1. The average molecular weight is 393 g/mol. The number of carboxylic acids is 1. The maximum Gasteiger partial charge on any atom is 0.303 e. The van der Waals surface area contributed by atoms with E-state index in [0.717, 1.165) is 32.1 Å². The Hall–Kier alpha value is -3.13. The summed E-state index contributed by atoms with van der Waals surface area (Å²) < 4.78 is 13.6. The van der Waals surface area contributed by atoms with Gasteiger partial charge in [0.2, 0.25) is 0 Å². The van der Waals surface area contributed by atoms with Gasteiger partial charge in [0, 0.05) is 17.7 Å². The highest BCUT2D eigenvalue weighted by Crippen LogP contribution is 2.38. The molecule has 1 saturated carbocycles. The molecule has 0 spiro atoms. The second-order valence-corrected chi connectivity index (χ2v) is 7.62. The maximum absolute atomic E-state index is 13.6. The van der Waals surface area contributed by atoms with Gasteiger partial charge in [-0.2, -0.15) is 0 Å².